The maximum absolute atomic E-state index is 2.34. The van der Waals surface area contributed by atoms with E-state index in [0.29, 0.717) is 0 Å². The van der Waals surface area contributed by atoms with E-state index < -0.39 is 0 Å². The van der Waals surface area contributed by atoms with Crippen molar-refractivity contribution >= 4 is 17.0 Å². The molecule has 0 saturated heterocycles. The Morgan fingerprint density at radius 3 is 2.00 bits per heavy atom. The summed E-state index contributed by atoms with van der Waals surface area (Å²) in [5.41, 5.74) is 7.60. The van der Waals surface area contributed by atoms with Crippen LogP contribution in [0, 0.1) is 0 Å². The van der Waals surface area contributed by atoms with Crippen molar-refractivity contribution in [3.8, 4) is 0 Å². The molecule has 0 heterocycles. The molecule has 0 aromatic heterocycles. The second-order valence-corrected chi connectivity index (χ2v) is 8.38. The van der Waals surface area contributed by atoms with E-state index in [1.807, 2.05) is 0 Å². The minimum Gasteiger partial charge on any atom is -0.375 e. The van der Waals surface area contributed by atoms with Crippen molar-refractivity contribution < 1.29 is 4.58 Å². The summed E-state index contributed by atoms with van der Waals surface area (Å²) in [4.78, 5) is 2.34. The predicted molar refractivity (Wildman–Crippen MR) is 136 cm³/mol. The van der Waals surface area contributed by atoms with Gasteiger partial charge in [0.1, 0.15) is 13.6 Å². The summed E-state index contributed by atoms with van der Waals surface area (Å²) in [6.45, 7) is 6.67. The van der Waals surface area contributed by atoms with Crippen molar-refractivity contribution in [2.75, 3.05) is 32.1 Å². The van der Waals surface area contributed by atoms with E-state index in [9.17, 15) is 0 Å². The van der Waals surface area contributed by atoms with Gasteiger partial charge in [-0.25, -0.2) is 4.58 Å². The molecule has 1 aliphatic rings. The highest BCUT2D eigenvalue weighted by Gasteiger charge is 2.14. The Kier molecular flexibility index (Phi) is 8.46. The second kappa shape index (κ2) is 11.5. The van der Waals surface area contributed by atoms with Gasteiger partial charge in [-0.15, -0.1) is 0 Å². The van der Waals surface area contributed by atoms with E-state index in [1.54, 1.807) is 0 Å². The summed E-state index contributed by atoms with van der Waals surface area (Å²) in [5, 5.41) is 0. The van der Waals surface area contributed by atoms with Crippen LogP contribution in [0.2, 0.25) is 0 Å². The summed E-state index contributed by atoms with van der Waals surface area (Å²) >= 11 is 0. The Labute approximate surface area is 188 Å². The molecule has 0 unspecified atom stereocenters. The minimum absolute atomic E-state index is 1.10. The number of benzene rings is 2. The largest absolute Gasteiger partial charge is 0.375 e. The highest BCUT2D eigenvalue weighted by Crippen LogP contribution is 2.30. The van der Waals surface area contributed by atoms with Crippen LogP contribution in [0.1, 0.15) is 50.7 Å². The lowest BCUT2D eigenvalue weighted by molar-refractivity contribution is -0.496. The van der Waals surface area contributed by atoms with E-state index in [4.69, 9.17) is 0 Å². The summed E-state index contributed by atoms with van der Waals surface area (Å²) in [5.74, 6) is 0. The van der Waals surface area contributed by atoms with Gasteiger partial charge in [-0.2, -0.15) is 0 Å². The first kappa shape index (κ1) is 22.8. The molecule has 0 fully saturated rings. The first-order chi connectivity index (χ1) is 15.1. The third kappa shape index (κ3) is 6.07. The van der Waals surface area contributed by atoms with Crippen LogP contribution in [-0.2, 0) is 0 Å². The van der Waals surface area contributed by atoms with Crippen LogP contribution in [0.3, 0.4) is 0 Å². The molecular weight excluding hydrogens is 376 g/mol. The van der Waals surface area contributed by atoms with Gasteiger partial charge in [0.25, 0.3) is 0 Å². The van der Waals surface area contributed by atoms with Crippen LogP contribution < -0.4 is 4.90 Å². The molecule has 2 aromatic carbocycles. The lowest BCUT2D eigenvalue weighted by Gasteiger charge is -2.20. The summed E-state index contributed by atoms with van der Waals surface area (Å²) < 4.78 is 2.34. The molecule has 1 aliphatic carbocycles. The van der Waals surface area contributed by atoms with Crippen molar-refractivity contribution in [2.45, 2.75) is 39.5 Å². The zero-order valence-electron chi connectivity index (χ0n) is 19.6. The highest BCUT2D eigenvalue weighted by molar-refractivity contribution is 6.04. The molecule has 0 radical (unpaired) electrons. The molecule has 2 heteroatoms. The molecule has 2 nitrogen and oxygen atoms in total. The van der Waals surface area contributed by atoms with Gasteiger partial charge in [-0.05, 0) is 53.0 Å². The van der Waals surface area contributed by atoms with Gasteiger partial charge in [0.2, 0.25) is 0 Å². The zero-order chi connectivity index (χ0) is 22.1. The molecule has 2 aromatic rings. The molecule has 0 aliphatic heterocycles. The number of rotatable bonds is 9. The summed E-state index contributed by atoms with van der Waals surface area (Å²) in [6, 6.07) is 19.8. The van der Waals surface area contributed by atoms with Gasteiger partial charge in [-0.1, -0.05) is 69.2 Å². The van der Waals surface area contributed by atoms with E-state index in [0.717, 1.165) is 13.1 Å². The summed E-state index contributed by atoms with van der Waals surface area (Å²) in [6.07, 6.45) is 13.9. The van der Waals surface area contributed by atoms with E-state index in [-0.39, 0.29) is 0 Å². The molecule has 0 spiro atoms. The molecule has 0 atom stereocenters. The minimum atomic E-state index is 1.10. The first-order valence-electron chi connectivity index (χ1n) is 11.7. The Morgan fingerprint density at radius 2 is 1.39 bits per heavy atom. The monoisotopic (exact) mass is 413 g/mol. The standard InChI is InChI=1S/C29H37N2/c1-5-7-22-30(3)27-18-14-25(15-19-27)29(24-12-10-9-11-13-24)26-16-20-28(21-17-26)31(4)23-8-6-2/h9-21H,5-8,22-23H2,1-4H3/q+1. The van der Waals surface area contributed by atoms with Gasteiger partial charge < -0.3 is 4.90 Å². The quantitative estimate of drug-likeness (QED) is 0.413. The number of allylic oxidation sites excluding steroid dienone is 5. The van der Waals surface area contributed by atoms with E-state index >= 15 is 0 Å². The number of anilines is 1. The fourth-order valence-corrected chi connectivity index (χ4v) is 3.92. The van der Waals surface area contributed by atoms with Gasteiger partial charge >= 0.3 is 0 Å². The van der Waals surface area contributed by atoms with Crippen molar-refractivity contribution in [1.29, 1.82) is 0 Å². The Bertz CT molecular complexity index is 942. The highest BCUT2D eigenvalue weighted by atomic mass is 15.1. The molecule has 162 valence electrons. The van der Waals surface area contributed by atoms with Crippen LogP contribution in [0.4, 0.5) is 5.69 Å². The van der Waals surface area contributed by atoms with Crippen LogP contribution in [0.15, 0.2) is 84.5 Å². The van der Waals surface area contributed by atoms with Crippen LogP contribution in [0.5, 0.6) is 0 Å². The third-order valence-electron chi connectivity index (χ3n) is 5.95. The van der Waals surface area contributed by atoms with Crippen molar-refractivity contribution in [3.63, 3.8) is 0 Å². The third-order valence-corrected chi connectivity index (χ3v) is 5.95. The number of hydrogen-bond donors (Lipinski definition) is 0. The molecule has 0 N–H and O–H groups in total. The van der Waals surface area contributed by atoms with Gasteiger partial charge in [0.15, 0.2) is 5.71 Å². The van der Waals surface area contributed by atoms with E-state index in [1.165, 1.54) is 59.4 Å². The Morgan fingerprint density at radius 1 is 0.774 bits per heavy atom. The van der Waals surface area contributed by atoms with Crippen molar-refractivity contribution in [2.24, 2.45) is 0 Å². The normalized spacial score (nSPS) is 12.9. The number of unbranched alkanes of at least 4 members (excludes halogenated alkanes) is 2. The van der Waals surface area contributed by atoms with Gasteiger partial charge in [0.05, 0.1) is 0 Å². The average molecular weight is 414 g/mol. The van der Waals surface area contributed by atoms with Gasteiger partial charge in [-0.3, -0.25) is 0 Å². The Balaban J connectivity index is 1.95. The van der Waals surface area contributed by atoms with Crippen molar-refractivity contribution in [3.05, 3.63) is 95.6 Å². The number of nitrogens with zero attached hydrogens (tertiary/aromatic N) is 2. The number of hydrogen-bond acceptors (Lipinski definition) is 1. The van der Waals surface area contributed by atoms with Crippen LogP contribution >= 0.6 is 0 Å². The SMILES string of the molecule is CCCCN(C)c1ccc(C(=C2C=CC(=[N+](C)CCCC)C=C2)c2ccccc2)cc1. The van der Waals surface area contributed by atoms with Gasteiger partial charge in [0, 0.05) is 37.9 Å². The second-order valence-electron chi connectivity index (χ2n) is 8.38. The average Bonchev–Trinajstić information content (AvgIpc) is 2.82. The fourth-order valence-electron chi connectivity index (χ4n) is 3.92. The molecule has 0 saturated carbocycles. The van der Waals surface area contributed by atoms with E-state index in [2.05, 4.69) is 116 Å². The molecule has 0 amide bonds. The zero-order valence-corrected chi connectivity index (χ0v) is 19.6. The Hall–Kier alpha value is -2.87. The van der Waals surface area contributed by atoms with Crippen LogP contribution in [-0.4, -0.2) is 37.5 Å². The molecule has 0 bridgehead atoms. The maximum Gasteiger partial charge on any atom is 0.199 e. The topological polar surface area (TPSA) is 6.25 Å². The van der Waals surface area contributed by atoms with Crippen LogP contribution in [0.25, 0.3) is 5.57 Å². The first-order valence-corrected chi connectivity index (χ1v) is 11.7. The molecule has 3 rings (SSSR count). The predicted octanol–water partition coefficient (Wildman–Crippen LogP) is 6.73. The molecule has 31 heavy (non-hydrogen) atoms. The lowest BCUT2D eigenvalue weighted by atomic mass is 9.90. The fraction of sp³-hybridized carbons (Fsp3) is 0.345. The lowest BCUT2D eigenvalue weighted by Crippen LogP contribution is -2.18. The summed E-state index contributed by atoms with van der Waals surface area (Å²) in [7, 11) is 4.36. The maximum atomic E-state index is 2.34. The smallest absolute Gasteiger partial charge is 0.199 e. The molecular formula is C29H37N2+. The van der Waals surface area contributed by atoms with Crippen molar-refractivity contribution in [1.82, 2.24) is 0 Å².